The number of rotatable bonds is 3. The molecule has 0 aliphatic carbocycles. The molecule has 0 amide bonds. The summed E-state index contributed by atoms with van der Waals surface area (Å²) in [6, 6.07) is 11.5. The maximum Gasteiger partial charge on any atom is 0.268 e. The first kappa shape index (κ1) is 13.5. The zero-order valence-electron chi connectivity index (χ0n) is 10.7. The van der Waals surface area contributed by atoms with E-state index in [1.807, 2.05) is 0 Å². The smallest absolute Gasteiger partial charge is 0.268 e. The molecular weight excluding hydrogens is 293 g/mol. The SMILES string of the molecule is O=Cc1cn(S(=O)(=O)c2ccccc2)c2cc(F)ccc12. The third-order valence-electron chi connectivity index (χ3n) is 3.19. The van der Waals surface area contributed by atoms with Crippen LogP contribution in [0.15, 0.2) is 59.6 Å². The lowest BCUT2D eigenvalue weighted by molar-refractivity contribution is 0.112. The van der Waals surface area contributed by atoms with Gasteiger partial charge < -0.3 is 0 Å². The Labute approximate surface area is 120 Å². The highest BCUT2D eigenvalue weighted by molar-refractivity contribution is 7.90. The Kier molecular flexibility index (Phi) is 3.10. The van der Waals surface area contributed by atoms with E-state index in [0.717, 1.165) is 10.0 Å². The molecule has 0 aliphatic rings. The van der Waals surface area contributed by atoms with Crippen LogP contribution in [0.2, 0.25) is 0 Å². The maximum absolute atomic E-state index is 13.4. The van der Waals surface area contributed by atoms with Gasteiger partial charge in [-0.25, -0.2) is 16.8 Å². The molecule has 0 N–H and O–H groups in total. The highest BCUT2D eigenvalue weighted by atomic mass is 32.2. The average molecular weight is 303 g/mol. The fraction of sp³-hybridized carbons (Fsp3) is 0. The van der Waals surface area contributed by atoms with E-state index in [0.29, 0.717) is 11.7 Å². The van der Waals surface area contributed by atoms with Crippen molar-refractivity contribution in [3.63, 3.8) is 0 Å². The van der Waals surface area contributed by atoms with Gasteiger partial charge in [-0.3, -0.25) is 4.79 Å². The Morgan fingerprint density at radius 1 is 1.05 bits per heavy atom. The third-order valence-corrected chi connectivity index (χ3v) is 4.88. The second-order valence-corrected chi connectivity index (χ2v) is 6.29. The molecule has 3 rings (SSSR count). The second kappa shape index (κ2) is 4.82. The zero-order valence-corrected chi connectivity index (χ0v) is 11.5. The molecule has 21 heavy (non-hydrogen) atoms. The van der Waals surface area contributed by atoms with Gasteiger partial charge in [0.15, 0.2) is 6.29 Å². The number of aromatic nitrogens is 1. The molecule has 1 heterocycles. The normalized spacial score (nSPS) is 11.7. The van der Waals surface area contributed by atoms with Crippen molar-refractivity contribution in [1.82, 2.24) is 3.97 Å². The van der Waals surface area contributed by atoms with Crippen molar-refractivity contribution < 1.29 is 17.6 Å². The Morgan fingerprint density at radius 2 is 1.76 bits per heavy atom. The van der Waals surface area contributed by atoms with Gasteiger partial charge in [0.25, 0.3) is 10.0 Å². The van der Waals surface area contributed by atoms with Gasteiger partial charge in [-0.15, -0.1) is 0 Å². The summed E-state index contributed by atoms with van der Waals surface area (Å²) in [6.45, 7) is 0. The number of fused-ring (bicyclic) bond motifs is 1. The topological polar surface area (TPSA) is 56.1 Å². The number of carbonyl (C=O) groups is 1. The highest BCUT2D eigenvalue weighted by Gasteiger charge is 2.21. The quantitative estimate of drug-likeness (QED) is 0.699. The maximum atomic E-state index is 13.4. The van der Waals surface area contributed by atoms with Crippen LogP contribution in [-0.2, 0) is 10.0 Å². The summed E-state index contributed by atoms with van der Waals surface area (Å²) in [7, 11) is -3.88. The van der Waals surface area contributed by atoms with Crippen molar-refractivity contribution >= 4 is 27.2 Å². The molecule has 0 fully saturated rings. The van der Waals surface area contributed by atoms with Gasteiger partial charge in [0.2, 0.25) is 0 Å². The molecule has 2 aromatic carbocycles. The van der Waals surface area contributed by atoms with Crippen LogP contribution >= 0.6 is 0 Å². The van der Waals surface area contributed by atoms with Crippen LogP contribution in [0.4, 0.5) is 4.39 Å². The molecule has 0 spiro atoms. The summed E-state index contributed by atoms with van der Waals surface area (Å²) in [4.78, 5) is 11.2. The van der Waals surface area contributed by atoms with E-state index in [-0.39, 0.29) is 16.0 Å². The average Bonchev–Trinajstić information content (AvgIpc) is 2.86. The van der Waals surface area contributed by atoms with Gasteiger partial charge >= 0.3 is 0 Å². The summed E-state index contributed by atoms with van der Waals surface area (Å²) >= 11 is 0. The lowest BCUT2D eigenvalue weighted by Crippen LogP contribution is -2.11. The minimum atomic E-state index is -3.88. The first-order valence-electron chi connectivity index (χ1n) is 6.10. The van der Waals surface area contributed by atoms with Gasteiger partial charge in [-0.1, -0.05) is 18.2 Å². The number of hydrogen-bond acceptors (Lipinski definition) is 3. The van der Waals surface area contributed by atoms with Gasteiger partial charge in [-0.05, 0) is 30.3 Å². The summed E-state index contributed by atoms with van der Waals surface area (Å²) in [5.41, 5.74) is 0.338. The van der Waals surface area contributed by atoms with Crippen molar-refractivity contribution in [2.45, 2.75) is 4.90 Å². The van der Waals surface area contributed by atoms with Gasteiger partial charge in [0.1, 0.15) is 5.82 Å². The molecule has 0 saturated carbocycles. The number of hydrogen-bond donors (Lipinski definition) is 0. The highest BCUT2D eigenvalue weighted by Crippen LogP contribution is 2.25. The Morgan fingerprint density at radius 3 is 2.43 bits per heavy atom. The van der Waals surface area contributed by atoms with Crippen LogP contribution in [0, 0.1) is 5.82 Å². The first-order valence-corrected chi connectivity index (χ1v) is 7.54. The van der Waals surface area contributed by atoms with Crippen LogP contribution in [0.25, 0.3) is 10.9 Å². The standard InChI is InChI=1S/C15H10FNO3S/c16-12-6-7-14-11(10-18)9-17(15(14)8-12)21(19,20)13-4-2-1-3-5-13/h1-10H. The Hall–Kier alpha value is -2.47. The number of aldehydes is 1. The largest absolute Gasteiger partial charge is 0.298 e. The zero-order chi connectivity index (χ0) is 15.0. The fourth-order valence-corrected chi connectivity index (χ4v) is 3.59. The van der Waals surface area contributed by atoms with E-state index < -0.39 is 15.8 Å². The molecule has 106 valence electrons. The molecule has 0 unspecified atom stereocenters. The number of carbonyl (C=O) groups excluding carboxylic acids is 1. The summed E-state index contributed by atoms with van der Waals surface area (Å²) < 4.78 is 39.6. The summed E-state index contributed by atoms with van der Waals surface area (Å²) in [6.07, 6.45) is 1.76. The van der Waals surface area contributed by atoms with Crippen molar-refractivity contribution in [2.75, 3.05) is 0 Å². The van der Waals surface area contributed by atoms with E-state index in [2.05, 4.69) is 0 Å². The van der Waals surface area contributed by atoms with Crippen LogP contribution in [0.3, 0.4) is 0 Å². The molecule has 0 atom stereocenters. The lowest BCUT2D eigenvalue weighted by Gasteiger charge is -2.07. The van der Waals surface area contributed by atoms with E-state index in [9.17, 15) is 17.6 Å². The molecule has 0 aliphatic heterocycles. The van der Waals surface area contributed by atoms with Crippen LogP contribution in [0.1, 0.15) is 10.4 Å². The minimum absolute atomic E-state index is 0.0728. The summed E-state index contributed by atoms with van der Waals surface area (Å²) in [5, 5.41) is 0.394. The lowest BCUT2D eigenvalue weighted by atomic mass is 10.2. The first-order chi connectivity index (χ1) is 10.0. The molecule has 0 radical (unpaired) electrons. The van der Waals surface area contributed by atoms with Crippen molar-refractivity contribution in [2.24, 2.45) is 0 Å². The van der Waals surface area contributed by atoms with E-state index in [1.165, 1.54) is 30.5 Å². The van der Waals surface area contributed by atoms with Crippen LogP contribution in [-0.4, -0.2) is 18.7 Å². The monoisotopic (exact) mass is 303 g/mol. The van der Waals surface area contributed by atoms with Crippen molar-refractivity contribution in [3.05, 3.63) is 66.1 Å². The predicted molar refractivity (Wildman–Crippen MR) is 76.3 cm³/mol. The van der Waals surface area contributed by atoms with E-state index in [1.54, 1.807) is 18.2 Å². The Balaban J connectivity index is 2.35. The molecule has 0 saturated heterocycles. The predicted octanol–water partition coefficient (Wildman–Crippen LogP) is 2.83. The van der Waals surface area contributed by atoms with Gasteiger partial charge in [0, 0.05) is 17.1 Å². The molecule has 3 aromatic rings. The molecular formula is C15H10FNO3S. The summed E-state index contributed by atoms with van der Waals surface area (Å²) in [5.74, 6) is -0.567. The van der Waals surface area contributed by atoms with Crippen molar-refractivity contribution in [3.8, 4) is 0 Å². The Bertz CT molecular complexity index is 930. The second-order valence-electron chi connectivity index (χ2n) is 4.48. The van der Waals surface area contributed by atoms with Crippen LogP contribution < -0.4 is 0 Å². The van der Waals surface area contributed by atoms with E-state index >= 15 is 0 Å². The van der Waals surface area contributed by atoms with Crippen LogP contribution in [0.5, 0.6) is 0 Å². The fourth-order valence-electron chi connectivity index (χ4n) is 2.20. The molecule has 0 bridgehead atoms. The number of nitrogens with zero attached hydrogens (tertiary/aromatic N) is 1. The minimum Gasteiger partial charge on any atom is -0.298 e. The number of benzene rings is 2. The molecule has 6 heteroatoms. The number of halogens is 1. The third kappa shape index (κ3) is 2.13. The van der Waals surface area contributed by atoms with E-state index in [4.69, 9.17) is 0 Å². The van der Waals surface area contributed by atoms with Gasteiger partial charge in [0.05, 0.1) is 10.4 Å². The molecule has 4 nitrogen and oxygen atoms in total. The van der Waals surface area contributed by atoms with Crippen molar-refractivity contribution in [1.29, 1.82) is 0 Å². The van der Waals surface area contributed by atoms with Gasteiger partial charge in [-0.2, -0.15) is 0 Å². The molecule has 1 aromatic heterocycles.